The van der Waals surface area contributed by atoms with Crippen molar-refractivity contribution in [2.24, 2.45) is 12.8 Å². The van der Waals surface area contributed by atoms with Crippen molar-refractivity contribution in [3.05, 3.63) is 35.5 Å². The Morgan fingerprint density at radius 3 is 2.52 bits per heavy atom. The van der Waals surface area contributed by atoms with Gasteiger partial charge >= 0.3 is 6.61 Å². The molecule has 5 nitrogen and oxygen atoms in total. The molecular weight excluding hydrogens is 298 g/mol. The maximum atomic E-state index is 12.1. The highest BCUT2D eigenvalue weighted by Gasteiger charge is 2.15. The smallest absolute Gasteiger partial charge is 0.387 e. The quantitative estimate of drug-likeness (QED) is 0.831. The fourth-order valence-corrected chi connectivity index (χ4v) is 2.20. The number of ether oxygens (including phenoxy) is 1. The number of alkyl halides is 2. The van der Waals surface area contributed by atoms with Crippen LogP contribution in [0.2, 0.25) is 0 Å². The van der Waals surface area contributed by atoms with Crippen LogP contribution in [0.15, 0.2) is 24.3 Å². The Bertz CT molecular complexity index is 655. The van der Waals surface area contributed by atoms with Crippen molar-refractivity contribution >= 4 is 28.7 Å². The molecule has 0 unspecified atom stereocenters. The highest BCUT2D eigenvalue weighted by molar-refractivity contribution is 7.80. The van der Waals surface area contributed by atoms with Crippen LogP contribution < -0.4 is 15.8 Å². The van der Waals surface area contributed by atoms with Gasteiger partial charge in [-0.25, -0.2) is 0 Å². The van der Waals surface area contributed by atoms with E-state index in [1.807, 2.05) is 0 Å². The lowest BCUT2D eigenvalue weighted by molar-refractivity contribution is -0.0498. The van der Waals surface area contributed by atoms with Crippen LogP contribution in [0, 0.1) is 6.92 Å². The molecule has 0 aliphatic carbocycles. The minimum atomic E-state index is -2.84. The predicted octanol–water partition coefficient (Wildman–Crippen LogP) is 2.71. The van der Waals surface area contributed by atoms with Gasteiger partial charge in [0.2, 0.25) is 0 Å². The summed E-state index contributed by atoms with van der Waals surface area (Å²) in [7, 11) is 1.76. The molecule has 21 heavy (non-hydrogen) atoms. The van der Waals surface area contributed by atoms with Gasteiger partial charge in [0, 0.05) is 12.7 Å². The molecule has 0 aliphatic heterocycles. The first-order valence-electron chi connectivity index (χ1n) is 6.03. The molecule has 0 aliphatic rings. The molecule has 0 amide bonds. The molecule has 0 fully saturated rings. The van der Waals surface area contributed by atoms with Gasteiger partial charge in [0.15, 0.2) is 0 Å². The Morgan fingerprint density at radius 1 is 1.38 bits per heavy atom. The van der Waals surface area contributed by atoms with Gasteiger partial charge in [0.05, 0.1) is 11.3 Å². The first kappa shape index (κ1) is 15.2. The van der Waals surface area contributed by atoms with E-state index in [1.54, 1.807) is 30.8 Å². The van der Waals surface area contributed by atoms with Crippen molar-refractivity contribution in [3.8, 4) is 5.75 Å². The highest BCUT2D eigenvalue weighted by atomic mass is 32.1. The summed E-state index contributed by atoms with van der Waals surface area (Å²) in [6.07, 6.45) is 0. The number of anilines is 2. The number of benzene rings is 1. The number of hydrogen-bond acceptors (Lipinski definition) is 4. The van der Waals surface area contributed by atoms with Gasteiger partial charge in [-0.3, -0.25) is 4.68 Å². The number of halogens is 2. The summed E-state index contributed by atoms with van der Waals surface area (Å²) in [5.74, 6) is 0.730. The van der Waals surface area contributed by atoms with E-state index in [1.165, 1.54) is 12.1 Å². The van der Waals surface area contributed by atoms with Gasteiger partial charge in [-0.15, -0.1) is 0 Å². The zero-order valence-corrected chi connectivity index (χ0v) is 12.2. The van der Waals surface area contributed by atoms with Crippen molar-refractivity contribution < 1.29 is 13.5 Å². The molecular formula is C13H14F2N4OS. The summed E-state index contributed by atoms with van der Waals surface area (Å²) in [6.45, 7) is -1.04. The molecule has 0 saturated heterocycles. The molecule has 1 heterocycles. The second-order valence-electron chi connectivity index (χ2n) is 4.32. The molecule has 0 radical (unpaired) electrons. The molecule has 3 N–H and O–H groups in total. The van der Waals surface area contributed by atoms with E-state index < -0.39 is 6.61 Å². The summed E-state index contributed by atoms with van der Waals surface area (Å²) in [6, 6.07) is 6.11. The summed E-state index contributed by atoms with van der Waals surface area (Å²) in [4.78, 5) is 0.237. The Labute approximate surface area is 125 Å². The third kappa shape index (κ3) is 3.46. The number of aromatic nitrogens is 2. The second kappa shape index (κ2) is 6.04. The lowest BCUT2D eigenvalue weighted by atomic mass is 10.2. The highest BCUT2D eigenvalue weighted by Crippen LogP contribution is 2.25. The van der Waals surface area contributed by atoms with Crippen LogP contribution in [0.5, 0.6) is 5.75 Å². The molecule has 1 aromatic carbocycles. The minimum Gasteiger partial charge on any atom is -0.435 e. The first-order valence-corrected chi connectivity index (χ1v) is 6.44. The Morgan fingerprint density at radius 2 is 2.00 bits per heavy atom. The van der Waals surface area contributed by atoms with Gasteiger partial charge in [-0.05, 0) is 31.2 Å². The normalized spacial score (nSPS) is 10.7. The molecule has 0 spiro atoms. The van der Waals surface area contributed by atoms with Crippen LogP contribution in [-0.4, -0.2) is 21.4 Å². The molecule has 0 atom stereocenters. The van der Waals surface area contributed by atoms with Crippen LogP contribution >= 0.6 is 12.2 Å². The van der Waals surface area contributed by atoms with Crippen molar-refractivity contribution in [2.45, 2.75) is 13.5 Å². The van der Waals surface area contributed by atoms with Crippen molar-refractivity contribution in [2.75, 3.05) is 5.32 Å². The molecule has 0 saturated carbocycles. The summed E-state index contributed by atoms with van der Waals surface area (Å²) < 4.78 is 30.1. The Hall–Kier alpha value is -2.22. The van der Waals surface area contributed by atoms with Crippen LogP contribution in [0.25, 0.3) is 0 Å². The molecule has 2 aromatic rings. The van der Waals surface area contributed by atoms with E-state index in [0.717, 1.165) is 0 Å². The lowest BCUT2D eigenvalue weighted by Gasteiger charge is -2.10. The summed E-state index contributed by atoms with van der Waals surface area (Å²) in [5, 5.41) is 7.36. The zero-order valence-electron chi connectivity index (χ0n) is 11.4. The standard InChI is InChI=1S/C13H14F2N4OS/c1-7-10(11(16)21)12(19(2)18-7)17-8-3-5-9(6-4-8)20-13(14)15/h3-6,13,17H,1-2H3,(H2,16,21). The third-order valence-electron chi connectivity index (χ3n) is 2.81. The van der Waals surface area contributed by atoms with Crippen molar-refractivity contribution in [3.63, 3.8) is 0 Å². The molecule has 112 valence electrons. The Balaban J connectivity index is 2.24. The van der Waals surface area contributed by atoms with E-state index in [0.29, 0.717) is 22.8 Å². The summed E-state index contributed by atoms with van der Waals surface area (Å²) in [5.41, 5.74) is 7.74. The minimum absolute atomic E-state index is 0.0892. The number of aryl methyl sites for hydroxylation is 2. The van der Waals surface area contributed by atoms with E-state index in [9.17, 15) is 8.78 Å². The molecule has 8 heteroatoms. The van der Waals surface area contributed by atoms with Crippen LogP contribution in [0.4, 0.5) is 20.3 Å². The van der Waals surface area contributed by atoms with Crippen LogP contribution in [-0.2, 0) is 7.05 Å². The van der Waals surface area contributed by atoms with E-state index in [2.05, 4.69) is 15.2 Å². The second-order valence-corrected chi connectivity index (χ2v) is 4.76. The zero-order chi connectivity index (χ0) is 15.6. The number of nitrogens with one attached hydrogen (secondary N) is 1. The molecule has 1 aromatic heterocycles. The van der Waals surface area contributed by atoms with Gasteiger partial charge in [-0.2, -0.15) is 13.9 Å². The van der Waals surface area contributed by atoms with Gasteiger partial charge in [0.25, 0.3) is 0 Å². The van der Waals surface area contributed by atoms with Crippen molar-refractivity contribution in [1.29, 1.82) is 0 Å². The van der Waals surface area contributed by atoms with Gasteiger partial charge < -0.3 is 15.8 Å². The van der Waals surface area contributed by atoms with E-state index in [-0.39, 0.29) is 10.7 Å². The average Bonchev–Trinajstić information content (AvgIpc) is 2.66. The number of nitrogens with zero attached hydrogens (tertiary/aromatic N) is 2. The maximum absolute atomic E-state index is 12.1. The largest absolute Gasteiger partial charge is 0.435 e. The monoisotopic (exact) mass is 312 g/mol. The van der Waals surface area contributed by atoms with Gasteiger partial charge in [0.1, 0.15) is 16.6 Å². The SMILES string of the molecule is Cc1nn(C)c(Nc2ccc(OC(F)F)cc2)c1C(N)=S. The number of hydrogen-bond donors (Lipinski definition) is 2. The lowest BCUT2D eigenvalue weighted by Crippen LogP contribution is -2.13. The average molecular weight is 312 g/mol. The van der Waals surface area contributed by atoms with Gasteiger partial charge in [-0.1, -0.05) is 12.2 Å². The van der Waals surface area contributed by atoms with Crippen LogP contribution in [0.3, 0.4) is 0 Å². The fourth-order valence-electron chi connectivity index (χ4n) is 1.95. The molecule has 2 rings (SSSR count). The topological polar surface area (TPSA) is 65.1 Å². The van der Waals surface area contributed by atoms with Crippen LogP contribution in [0.1, 0.15) is 11.3 Å². The van der Waals surface area contributed by atoms with E-state index in [4.69, 9.17) is 18.0 Å². The van der Waals surface area contributed by atoms with Crippen molar-refractivity contribution in [1.82, 2.24) is 9.78 Å². The first-order chi connectivity index (χ1) is 9.88. The number of rotatable bonds is 5. The third-order valence-corrected chi connectivity index (χ3v) is 3.01. The number of thiocarbonyl (C=S) groups is 1. The fraction of sp³-hybridized carbons (Fsp3) is 0.231. The maximum Gasteiger partial charge on any atom is 0.387 e. The molecule has 0 bridgehead atoms. The number of nitrogens with two attached hydrogens (primary N) is 1. The van der Waals surface area contributed by atoms with E-state index >= 15 is 0 Å². The predicted molar refractivity (Wildman–Crippen MR) is 80.2 cm³/mol. The summed E-state index contributed by atoms with van der Waals surface area (Å²) >= 11 is 5.02. The Kier molecular flexibility index (Phi) is 4.37.